The van der Waals surface area contributed by atoms with E-state index in [1.807, 2.05) is 74.4 Å². The minimum atomic E-state index is -0.141. The second-order valence-corrected chi connectivity index (χ2v) is 9.30. The Morgan fingerprint density at radius 2 is 1.75 bits per heavy atom. The van der Waals surface area contributed by atoms with Crippen LogP contribution in [0.15, 0.2) is 48.5 Å². The summed E-state index contributed by atoms with van der Waals surface area (Å²) in [6.45, 7) is 4.72. The Kier molecular flexibility index (Phi) is 8.65. The maximum atomic E-state index is 14.1. The number of hydrogen-bond donors (Lipinski definition) is 0. The van der Waals surface area contributed by atoms with Crippen LogP contribution in [0.2, 0.25) is 0 Å². The van der Waals surface area contributed by atoms with Crippen molar-refractivity contribution in [3.05, 3.63) is 65.5 Å². The Bertz CT molecular complexity index is 886. The Labute approximate surface area is 192 Å². The SMILES string of the molecule is CN(C)CCN(CC1CCCN(Cc2ccccc2F)C1)C(=O)c1ccccc1N(C)C. The van der Waals surface area contributed by atoms with Gasteiger partial charge < -0.3 is 14.7 Å². The molecule has 1 heterocycles. The Morgan fingerprint density at radius 1 is 1.03 bits per heavy atom. The molecule has 2 aromatic carbocycles. The molecule has 0 bridgehead atoms. The van der Waals surface area contributed by atoms with Gasteiger partial charge in [0.2, 0.25) is 0 Å². The summed E-state index contributed by atoms with van der Waals surface area (Å²) >= 11 is 0. The van der Waals surface area contributed by atoms with E-state index in [-0.39, 0.29) is 11.7 Å². The van der Waals surface area contributed by atoms with E-state index in [0.29, 0.717) is 19.0 Å². The van der Waals surface area contributed by atoms with Crippen LogP contribution in [0.5, 0.6) is 0 Å². The van der Waals surface area contributed by atoms with Gasteiger partial charge in [-0.25, -0.2) is 4.39 Å². The first-order valence-corrected chi connectivity index (χ1v) is 11.5. The number of rotatable bonds is 9. The first-order chi connectivity index (χ1) is 15.3. The summed E-state index contributed by atoms with van der Waals surface area (Å²) < 4.78 is 14.1. The van der Waals surface area contributed by atoms with Crippen LogP contribution in [0.25, 0.3) is 0 Å². The lowest BCUT2D eigenvalue weighted by atomic mass is 9.96. The molecule has 3 rings (SSSR count). The summed E-state index contributed by atoms with van der Waals surface area (Å²) in [4.78, 5) is 22.0. The third-order valence-electron chi connectivity index (χ3n) is 6.15. The topological polar surface area (TPSA) is 30.0 Å². The molecule has 1 fully saturated rings. The van der Waals surface area contributed by atoms with Gasteiger partial charge in [0.25, 0.3) is 5.91 Å². The molecular weight excluding hydrogens is 403 g/mol. The maximum absolute atomic E-state index is 14.1. The molecule has 0 radical (unpaired) electrons. The standard InChI is InChI=1S/C26H37FN4O/c1-28(2)16-17-31(26(32)23-12-6-8-14-25(23)29(3)4)19-21-10-9-15-30(18-21)20-22-11-5-7-13-24(22)27/h5-8,11-14,21H,9-10,15-20H2,1-4H3. The van der Waals surface area contributed by atoms with E-state index in [1.54, 1.807) is 6.07 Å². The second kappa shape index (κ2) is 11.4. The molecule has 1 amide bonds. The Balaban J connectivity index is 1.72. The lowest BCUT2D eigenvalue weighted by molar-refractivity contribution is 0.0660. The molecule has 0 aromatic heterocycles. The van der Waals surface area contributed by atoms with Crippen molar-refractivity contribution < 1.29 is 9.18 Å². The van der Waals surface area contributed by atoms with Crippen LogP contribution in [-0.2, 0) is 6.54 Å². The smallest absolute Gasteiger partial charge is 0.256 e. The van der Waals surface area contributed by atoms with Gasteiger partial charge in [-0.05, 0) is 57.6 Å². The molecular formula is C26H37FN4O. The number of anilines is 1. The zero-order valence-corrected chi connectivity index (χ0v) is 19.9. The lowest BCUT2D eigenvalue weighted by Gasteiger charge is -2.36. The van der Waals surface area contributed by atoms with E-state index in [4.69, 9.17) is 0 Å². The molecule has 1 aliphatic rings. The van der Waals surface area contributed by atoms with Crippen molar-refractivity contribution in [2.24, 2.45) is 5.92 Å². The highest BCUT2D eigenvalue weighted by atomic mass is 19.1. The lowest BCUT2D eigenvalue weighted by Crippen LogP contribution is -2.44. The van der Waals surface area contributed by atoms with Gasteiger partial charge in [0.1, 0.15) is 5.82 Å². The quantitative estimate of drug-likeness (QED) is 0.593. The van der Waals surface area contributed by atoms with Crippen LogP contribution in [0, 0.1) is 11.7 Å². The zero-order chi connectivity index (χ0) is 23.1. The number of carbonyl (C=O) groups is 1. The number of benzene rings is 2. The molecule has 6 heteroatoms. The van der Waals surface area contributed by atoms with E-state index >= 15 is 0 Å². The number of likely N-dealkylation sites (N-methyl/N-ethyl adjacent to an activating group) is 1. The number of para-hydroxylation sites is 1. The zero-order valence-electron chi connectivity index (χ0n) is 19.9. The van der Waals surface area contributed by atoms with Gasteiger partial charge >= 0.3 is 0 Å². The summed E-state index contributed by atoms with van der Waals surface area (Å²) in [5, 5.41) is 0. The van der Waals surface area contributed by atoms with Gasteiger partial charge in [0.15, 0.2) is 0 Å². The molecule has 174 valence electrons. The van der Waals surface area contributed by atoms with Gasteiger partial charge in [-0.1, -0.05) is 30.3 Å². The predicted octanol–water partition coefficient (Wildman–Crippen LogP) is 3.81. The highest BCUT2D eigenvalue weighted by Gasteiger charge is 2.26. The molecule has 1 saturated heterocycles. The van der Waals surface area contributed by atoms with Crippen LogP contribution < -0.4 is 4.90 Å². The van der Waals surface area contributed by atoms with Crippen molar-refractivity contribution in [1.82, 2.24) is 14.7 Å². The number of nitrogens with zero attached hydrogens (tertiary/aromatic N) is 4. The third kappa shape index (κ3) is 6.53. The van der Waals surface area contributed by atoms with Gasteiger partial charge in [0, 0.05) is 58.1 Å². The summed E-state index contributed by atoms with van der Waals surface area (Å²) in [5.41, 5.74) is 2.43. The largest absolute Gasteiger partial charge is 0.377 e. The molecule has 32 heavy (non-hydrogen) atoms. The van der Waals surface area contributed by atoms with Crippen LogP contribution in [-0.4, -0.2) is 81.5 Å². The molecule has 0 saturated carbocycles. The summed E-state index contributed by atoms with van der Waals surface area (Å²) in [6, 6.07) is 14.8. The number of halogens is 1. The van der Waals surface area contributed by atoms with E-state index < -0.39 is 0 Å². The average Bonchev–Trinajstić information content (AvgIpc) is 2.78. The van der Waals surface area contributed by atoms with Crippen molar-refractivity contribution in [1.29, 1.82) is 0 Å². The van der Waals surface area contributed by atoms with E-state index in [0.717, 1.165) is 55.8 Å². The molecule has 0 aliphatic carbocycles. The maximum Gasteiger partial charge on any atom is 0.256 e. The molecule has 5 nitrogen and oxygen atoms in total. The van der Waals surface area contributed by atoms with Crippen LogP contribution >= 0.6 is 0 Å². The summed E-state index contributed by atoms with van der Waals surface area (Å²) in [7, 11) is 8.01. The molecule has 0 N–H and O–H groups in total. The minimum absolute atomic E-state index is 0.0855. The Hall–Kier alpha value is -2.44. The first kappa shape index (κ1) is 24.2. The van der Waals surface area contributed by atoms with Crippen molar-refractivity contribution in [3.63, 3.8) is 0 Å². The first-order valence-electron chi connectivity index (χ1n) is 11.5. The highest BCUT2D eigenvalue weighted by molar-refractivity contribution is 5.99. The Morgan fingerprint density at radius 3 is 2.47 bits per heavy atom. The summed E-state index contributed by atoms with van der Waals surface area (Å²) in [6.07, 6.45) is 2.16. The molecule has 1 unspecified atom stereocenters. The summed E-state index contributed by atoms with van der Waals surface area (Å²) in [5.74, 6) is 0.327. The van der Waals surface area contributed by atoms with Crippen molar-refractivity contribution in [2.45, 2.75) is 19.4 Å². The van der Waals surface area contributed by atoms with Crippen LogP contribution in [0.3, 0.4) is 0 Å². The fraction of sp³-hybridized carbons (Fsp3) is 0.500. The molecule has 1 aliphatic heterocycles. The van der Waals surface area contributed by atoms with Gasteiger partial charge in [0.05, 0.1) is 5.56 Å². The molecule has 2 aromatic rings. The minimum Gasteiger partial charge on any atom is -0.377 e. The van der Waals surface area contributed by atoms with E-state index in [1.165, 1.54) is 6.07 Å². The highest BCUT2D eigenvalue weighted by Crippen LogP contribution is 2.24. The monoisotopic (exact) mass is 440 g/mol. The predicted molar refractivity (Wildman–Crippen MR) is 130 cm³/mol. The fourth-order valence-corrected chi connectivity index (χ4v) is 4.43. The number of carbonyl (C=O) groups excluding carboxylic acids is 1. The van der Waals surface area contributed by atoms with Crippen molar-refractivity contribution >= 4 is 11.6 Å². The number of likely N-dealkylation sites (tertiary alicyclic amines) is 1. The van der Waals surface area contributed by atoms with Gasteiger partial charge in [-0.2, -0.15) is 0 Å². The van der Waals surface area contributed by atoms with Gasteiger partial charge in [-0.15, -0.1) is 0 Å². The molecule has 1 atom stereocenters. The molecule has 0 spiro atoms. The fourth-order valence-electron chi connectivity index (χ4n) is 4.43. The normalized spacial score (nSPS) is 16.9. The van der Waals surface area contributed by atoms with Crippen molar-refractivity contribution in [3.8, 4) is 0 Å². The van der Waals surface area contributed by atoms with Crippen LogP contribution in [0.4, 0.5) is 10.1 Å². The van der Waals surface area contributed by atoms with E-state index in [9.17, 15) is 9.18 Å². The average molecular weight is 441 g/mol. The number of hydrogen-bond acceptors (Lipinski definition) is 4. The third-order valence-corrected chi connectivity index (χ3v) is 6.15. The number of amides is 1. The number of piperidine rings is 1. The van der Waals surface area contributed by atoms with Crippen LogP contribution in [0.1, 0.15) is 28.8 Å². The van der Waals surface area contributed by atoms with Gasteiger partial charge in [-0.3, -0.25) is 9.69 Å². The van der Waals surface area contributed by atoms with E-state index in [2.05, 4.69) is 9.80 Å². The second-order valence-electron chi connectivity index (χ2n) is 9.30. The van der Waals surface area contributed by atoms with Crippen molar-refractivity contribution in [2.75, 3.05) is 65.8 Å².